The molecule has 1 unspecified atom stereocenters. The average molecular weight is 265 g/mol. The molecule has 0 aliphatic heterocycles. The van der Waals surface area contributed by atoms with Crippen molar-refractivity contribution in [1.29, 1.82) is 0 Å². The van der Waals surface area contributed by atoms with Crippen LogP contribution in [0.4, 0.5) is 5.82 Å². The number of H-pyrrole nitrogens is 1. The molecule has 7 heteroatoms. The maximum atomic E-state index is 11.4. The zero-order chi connectivity index (χ0) is 14.0. The van der Waals surface area contributed by atoms with Gasteiger partial charge in [-0.1, -0.05) is 13.8 Å². The molecular weight excluding hydrogens is 246 g/mol. The van der Waals surface area contributed by atoms with Gasteiger partial charge in [-0.3, -0.25) is 0 Å². The third-order valence-corrected chi connectivity index (χ3v) is 2.77. The van der Waals surface area contributed by atoms with Crippen molar-refractivity contribution in [2.24, 2.45) is 5.92 Å². The van der Waals surface area contributed by atoms with Gasteiger partial charge in [0.05, 0.1) is 5.60 Å². The molecule has 2 heterocycles. The van der Waals surface area contributed by atoms with Crippen LogP contribution in [0.5, 0.6) is 0 Å². The van der Waals surface area contributed by atoms with Crippen LogP contribution in [-0.4, -0.2) is 37.1 Å². The van der Waals surface area contributed by atoms with E-state index in [0.29, 0.717) is 30.3 Å². The number of hydrogen-bond acceptors (Lipinski definition) is 5. The summed E-state index contributed by atoms with van der Waals surface area (Å²) in [5.41, 5.74) is -0.733. The lowest BCUT2D eigenvalue weighted by Gasteiger charge is -2.25. The summed E-state index contributed by atoms with van der Waals surface area (Å²) in [6, 6.07) is 3.41. The van der Waals surface area contributed by atoms with Crippen molar-refractivity contribution < 1.29 is 5.11 Å². The van der Waals surface area contributed by atoms with Crippen molar-refractivity contribution in [3.05, 3.63) is 22.6 Å². The fourth-order valence-corrected chi connectivity index (χ4v) is 2.13. The molecule has 0 bridgehead atoms. The number of aromatic amines is 1. The number of fused-ring (bicyclic) bond motifs is 1. The van der Waals surface area contributed by atoms with Crippen LogP contribution in [0, 0.1) is 5.92 Å². The monoisotopic (exact) mass is 265 g/mol. The van der Waals surface area contributed by atoms with E-state index in [0.717, 1.165) is 0 Å². The summed E-state index contributed by atoms with van der Waals surface area (Å²) in [4.78, 5) is 11.4. The van der Waals surface area contributed by atoms with Crippen molar-refractivity contribution in [3.8, 4) is 0 Å². The topological polar surface area (TPSA) is 95.3 Å². The molecule has 0 aliphatic rings. The van der Waals surface area contributed by atoms with Crippen LogP contribution in [0.1, 0.15) is 27.2 Å². The van der Waals surface area contributed by atoms with E-state index in [1.54, 1.807) is 19.1 Å². The number of rotatable bonds is 5. The Morgan fingerprint density at radius 3 is 2.95 bits per heavy atom. The third-order valence-electron chi connectivity index (χ3n) is 2.77. The molecule has 0 aromatic carbocycles. The van der Waals surface area contributed by atoms with E-state index < -0.39 is 5.60 Å². The zero-order valence-corrected chi connectivity index (χ0v) is 11.3. The predicted octanol–water partition coefficient (Wildman–Crippen LogP) is 0.627. The second-order valence-corrected chi connectivity index (χ2v) is 5.47. The summed E-state index contributed by atoms with van der Waals surface area (Å²) in [6.45, 7) is 6.27. The van der Waals surface area contributed by atoms with Gasteiger partial charge >= 0.3 is 5.69 Å². The van der Waals surface area contributed by atoms with Gasteiger partial charge in [-0.25, -0.2) is 9.89 Å². The molecule has 1 atom stereocenters. The van der Waals surface area contributed by atoms with Gasteiger partial charge in [0.25, 0.3) is 0 Å². The molecule has 2 aromatic rings. The highest BCUT2D eigenvalue weighted by Crippen LogP contribution is 2.16. The summed E-state index contributed by atoms with van der Waals surface area (Å²) >= 11 is 0. The lowest BCUT2D eigenvalue weighted by Crippen LogP contribution is -2.35. The third kappa shape index (κ3) is 3.31. The van der Waals surface area contributed by atoms with Gasteiger partial charge in [-0.2, -0.15) is 9.61 Å². The van der Waals surface area contributed by atoms with Gasteiger partial charge in [-0.15, -0.1) is 5.10 Å². The first-order chi connectivity index (χ1) is 8.87. The van der Waals surface area contributed by atoms with Crippen molar-refractivity contribution in [1.82, 2.24) is 19.8 Å². The molecular formula is C12H19N5O2. The number of aliphatic hydroxyl groups is 1. The minimum absolute atomic E-state index is 0.371. The number of hydrogen-bond donors (Lipinski definition) is 3. The van der Waals surface area contributed by atoms with Crippen molar-refractivity contribution in [2.75, 3.05) is 11.9 Å². The Kier molecular flexibility index (Phi) is 3.57. The van der Waals surface area contributed by atoms with E-state index in [2.05, 4.69) is 34.5 Å². The Morgan fingerprint density at radius 2 is 2.26 bits per heavy atom. The van der Waals surface area contributed by atoms with Crippen LogP contribution in [0.25, 0.3) is 5.65 Å². The van der Waals surface area contributed by atoms with Crippen LogP contribution >= 0.6 is 0 Å². The second-order valence-electron chi connectivity index (χ2n) is 5.47. The van der Waals surface area contributed by atoms with Gasteiger partial charge in [0.2, 0.25) is 0 Å². The maximum Gasteiger partial charge on any atom is 0.364 e. The summed E-state index contributed by atoms with van der Waals surface area (Å²) in [6.07, 6.45) is 0.688. The molecule has 104 valence electrons. The predicted molar refractivity (Wildman–Crippen MR) is 72.2 cm³/mol. The fraction of sp³-hybridized carbons (Fsp3) is 0.583. The zero-order valence-electron chi connectivity index (χ0n) is 11.3. The minimum Gasteiger partial charge on any atom is -0.388 e. The minimum atomic E-state index is -0.813. The first-order valence-electron chi connectivity index (χ1n) is 6.28. The van der Waals surface area contributed by atoms with E-state index in [1.165, 1.54) is 4.52 Å². The van der Waals surface area contributed by atoms with Gasteiger partial charge < -0.3 is 10.4 Å². The molecule has 0 fully saturated rings. The molecule has 0 radical (unpaired) electrons. The lowest BCUT2D eigenvalue weighted by molar-refractivity contribution is 0.0514. The molecule has 3 N–H and O–H groups in total. The molecule has 2 aromatic heterocycles. The summed E-state index contributed by atoms with van der Waals surface area (Å²) in [7, 11) is 0. The van der Waals surface area contributed by atoms with Gasteiger partial charge in [-0.05, 0) is 31.4 Å². The Labute approximate surface area is 110 Å². The largest absolute Gasteiger partial charge is 0.388 e. The number of aromatic nitrogens is 4. The molecule has 0 saturated heterocycles. The quantitative estimate of drug-likeness (QED) is 0.737. The highest BCUT2D eigenvalue weighted by molar-refractivity contribution is 5.43. The normalized spacial score (nSPS) is 14.8. The Morgan fingerprint density at radius 1 is 1.53 bits per heavy atom. The molecule has 19 heavy (non-hydrogen) atoms. The Bertz CT molecular complexity index is 614. The molecule has 2 rings (SSSR count). The number of nitrogens with one attached hydrogen (secondary N) is 2. The van der Waals surface area contributed by atoms with Crippen molar-refractivity contribution >= 4 is 11.5 Å². The first-order valence-corrected chi connectivity index (χ1v) is 6.28. The van der Waals surface area contributed by atoms with Gasteiger partial charge in [0.1, 0.15) is 5.82 Å². The van der Waals surface area contributed by atoms with Crippen LogP contribution < -0.4 is 11.0 Å². The van der Waals surface area contributed by atoms with E-state index in [1.807, 2.05) is 0 Å². The smallest absolute Gasteiger partial charge is 0.364 e. The molecule has 0 saturated carbocycles. The maximum absolute atomic E-state index is 11.4. The van der Waals surface area contributed by atoms with Crippen molar-refractivity contribution in [3.63, 3.8) is 0 Å². The number of anilines is 1. The average Bonchev–Trinajstić information content (AvgIpc) is 2.67. The lowest BCUT2D eigenvalue weighted by atomic mass is 9.94. The van der Waals surface area contributed by atoms with E-state index in [-0.39, 0.29) is 5.69 Å². The summed E-state index contributed by atoms with van der Waals surface area (Å²) in [5, 5.41) is 23.5. The van der Waals surface area contributed by atoms with Crippen LogP contribution in [-0.2, 0) is 0 Å². The highest BCUT2D eigenvalue weighted by Gasteiger charge is 2.21. The van der Waals surface area contributed by atoms with Gasteiger partial charge in [0.15, 0.2) is 5.65 Å². The van der Waals surface area contributed by atoms with Crippen molar-refractivity contribution in [2.45, 2.75) is 32.8 Å². The van der Waals surface area contributed by atoms with E-state index in [9.17, 15) is 9.90 Å². The van der Waals surface area contributed by atoms with E-state index in [4.69, 9.17) is 0 Å². The van der Waals surface area contributed by atoms with Crippen LogP contribution in [0.3, 0.4) is 0 Å². The molecule has 0 aliphatic carbocycles. The fourth-order valence-electron chi connectivity index (χ4n) is 2.13. The van der Waals surface area contributed by atoms with E-state index >= 15 is 0 Å². The summed E-state index contributed by atoms with van der Waals surface area (Å²) in [5.74, 6) is 0.934. The molecule has 0 amide bonds. The molecule has 7 nitrogen and oxygen atoms in total. The van der Waals surface area contributed by atoms with Crippen LogP contribution in [0.15, 0.2) is 16.9 Å². The SMILES string of the molecule is CC(C)CC(C)(O)CNc1ccc2n[nH]c(=O)n2n1. The van der Waals surface area contributed by atoms with Gasteiger partial charge in [0, 0.05) is 6.54 Å². The standard InChI is InChI=1S/C12H19N5O2/c1-8(2)6-12(3,19)7-13-9-4-5-10-14-15-11(18)17(10)16-9/h4-5,8,19H,6-7H2,1-3H3,(H,13,16)(H,15,18). The summed E-state index contributed by atoms with van der Waals surface area (Å²) < 4.78 is 1.18. The Balaban J connectivity index is 2.09. The number of nitrogens with zero attached hydrogens (tertiary/aromatic N) is 3. The molecule has 0 spiro atoms. The Hall–Kier alpha value is -1.89. The first kappa shape index (κ1) is 13.5. The van der Waals surface area contributed by atoms with Crippen LogP contribution in [0.2, 0.25) is 0 Å². The second kappa shape index (κ2) is 5.00. The highest BCUT2D eigenvalue weighted by atomic mass is 16.3.